The molecule has 2 N–H and O–H groups in total. The van der Waals surface area contributed by atoms with Gasteiger partial charge in [0, 0.05) is 39.3 Å². The lowest BCUT2D eigenvalue weighted by Gasteiger charge is -2.35. The number of nitrogens with zero attached hydrogens (tertiary/aromatic N) is 2. The third-order valence-corrected chi connectivity index (χ3v) is 5.10. The molecule has 6 nitrogen and oxygen atoms in total. The van der Waals surface area contributed by atoms with Gasteiger partial charge in [-0.15, -0.1) is 0 Å². The van der Waals surface area contributed by atoms with Crippen LogP contribution in [0.25, 0.3) is 0 Å². The third-order valence-electron chi connectivity index (χ3n) is 5.10. The van der Waals surface area contributed by atoms with Crippen molar-refractivity contribution in [1.29, 1.82) is 0 Å². The minimum atomic E-state index is -0.528. The number of amides is 1. The largest absolute Gasteiger partial charge is 0.491 e. The predicted molar refractivity (Wildman–Crippen MR) is 114 cm³/mol. The van der Waals surface area contributed by atoms with E-state index in [-0.39, 0.29) is 12.5 Å². The molecule has 2 aromatic rings. The van der Waals surface area contributed by atoms with Crippen LogP contribution in [0.15, 0.2) is 54.6 Å². The van der Waals surface area contributed by atoms with Gasteiger partial charge in [0.15, 0.2) is 0 Å². The monoisotopic (exact) mass is 397 g/mol. The minimum absolute atomic E-state index is 0.0512. The van der Waals surface area contributed by atoms with E-state index in [1.165, 1.54) is 5.56 Å². The molecule has 0 aliphatic carbocycles. The highest BCUT2D eigenvalue weighted by Gasteiger charge is 2.21. The van der Waals surface area contributed by atoms with Gasteiger partial charge < -0.3 is 15.2 Å². The number of ether oxygens (including phenoxy) is 1. The van der Waals surface area contributed by atoms with Crippen LogP contribution in [0.4, 0.5) is 0 Å². The standard InChI is InChI=1S/C23H31N3O3/c1-19-7-9-20(10-8-19)15-24-23(28)17-26-13-11-25(12-14-26)16-21(27)18-29-22-5-3-2-4-6-22/h2-10,21,27H,11-18H2,1H3,(H,24,28)/t21-/m1/s1. The van der Waals surface area contributed by atoms with E-state index in [1.54, 1.807) is 0 Å². The number of aliphatic hydroxyl groups excluding tert-OH is 1. The van der Waals surface area contributed by atoms with Crippen LogP contribution in [0, 0.1) is 6.92 Å². The number of benzene rings is 2. The summed E-state index contributed by atoms with van der Waals surface area (Å²) in [6.07, 6.45) is -0.528. The number of hydrogen-bond donors (Lipinski definition) is 2. The SMILES string of the molecule is Cc1ccc(CNC(=O)CN2CCN(C[C@@H](O)COc3ccccc3)CC2)cc1. The zero-order valence-electron chi connectivity index (χ0n) is 17.1. The average Bonchev–Trinajstić information content (AvgIpc) is 2.74. The molecule has 1 fully saturated rings. The maximum atomic E-state index is 12.2. The maximum absolute atomic E-state index is 12.2. The second-order valence-electron chi connectivity index (χ2n) is 7.62. The number of para-hydroxylation sites is 1. The molecule has 0 bridgehead atoms. The first-order chi connectivity index (χ1) is 14.1. The molecule has 1 aliphatic rings. The third kappa shape index (κ3) is 7.49. The first-order valence-electron chi connectivity index (χ1n) is 10.2. The van der Waals surface area contributed by atoms with Crippen LogP contribution in [0.3, 0.4) is 0 Å². The molecule has 1 atom stereocenters. The van der Waals surface area contributed by atoms with Crippen molar-refractivity contribution in [2.45, 2.75) is 19.6 Å². The zero-order chi connectivity index (χ0) is 20.5. The highest BCUT2D eigenvalue weighted by atomic mass is 16.5. The Morgan fingerprint density at radius 2 is 1.69 bits per heavy atom. The van der Waals surface area contributed by atoms with Gasteiger partial charge in [0.25, 0.3) is 0 Å². The number of hydrogen-bond acceptors (Lipinski definition) is 5. The highest BCUT2D eigenvalue weighted by molar-refractivity contribution is 5.78. The summed E-state index contributed by atoms with van der Waals surface area (Å²) in [6, 6.07) is 17.7. The molecule has 29 heavy (non-hydrogen) atoms. The second kappa shape index (κ2) is 11.0. The lowest BCUT2D eigenvalue weighted by atomic mass is 10.1. The molecule has 0 aromatic heterocycles. The van der Waals surface area contributed by atoms with Crippen LogP contribution in [0.1, 0.15) is 11.1 Å². The number of aliphatic hydroxyl groups is 1. The van der Waals surface area contributed by atoms with E-state index in [9.17, 15) is 9.90 Å². The minimum Gasteiger partial charge on any atom is -0.491 e. The lowest BCUT2D eigenvalue weighted by Crippen LogP contribution is -2.51. The summed E-state index contributed by atoms with van der Waals surface area (Å²) in [5.41, 5.74) is 2.33. The van der Waals surface area contributed by atoms with Crippen molar-refractivity contribution in [3.8, 4) is 5.75 Å². The Balaban J connectivity index is 1.30. The van der Waals surface area contributed by atoms with E-state index in [0.717, 1.165) is 37.5 Å². The number of carbonyl (C=O) groups excluding carboxylic acids is 1. The topological polar surface area (TPSA) is 65.0 Å². The summed E-state index contributed by atoms with van der Waals surface area (Å²) < 4.78 is 5.61. The smallest absolute Gasteiger partial charge is 0.234 e. The fraction of sp³-hybridized carbons (Fsp3) is 0.435. The average molecular weight is 398 g/mol. The number of β-amino-alcohol motifs (C(OH)–C–C–N with tert-alkyl or cyclic N) is 1. The Labute approximate surface area is 173 Å². The fourth-order valence-corrected chi connectivity index (χ4v) is 3.36. The van der Waals surface area contributed by atoms with Gasteiger partial charge in [-0.05, 0) is 24.6 Å². The van der Waals surface area contributed by atoms with Gasteiger partial charge >= 0.3 is 0 Å². The van der Waals surface area contributed by atoms with Crippen molar-refractivity contribution in [2.75, 3.05) is 45.9 Å². The van der Waals surface area contributed by atoms with Crippen LogP contribution in [-0.4, -0.2) is 72.8 Å². The molecule has 0 radical (unpaired) electrons. The van der Waals surface area contributed by atoms with Gasteiger partial charge in [-0.3, -0.25) is 14.6 Å². The van der Waals surface area contributed by atoms with Crippen molar-refractivity contribution in [3.63, 3.8) is 0 Å². The van der Waals surface area contributed by atoms with Crippen molar-refractivity contribution in [1.82, 2.24) is 15.1 Å². The van der Waals surface area contributed by atoms with Gasteiger partial charge in [-0.1, -0.05) is 48.0 Å². The van der Waals surface area contributed by atoms with Crippen LogP contribution in [-0.2, 0) is 11.3 Å². The van der Waals surface area contributed by atoms with E-state index in [1.807, 2.05) is 42.5 Å². The highest BCUT2D eigenvalue weighted by Crippen LogP contribution is 2.09. The number of nitrogens with one attached hydrogen (secondary N) is 1. The Morgan fingerprint density at radius 3 is 2.38 bits per heavy atom. The van der Waals surface area contributed by atoms with Crippen molar-refractivity contribution in [2.24, 2.45) is 0 Å². The van der Waals surface area contributed by atoms with Crippen LogP contribution in [0.5, 0.6) is 5.75 Å². The normalized spacial score (nSPS) is 16.3. The zero-order valence-corrected chi connectivity index (χ0v) is 17.1. The van der Waals surface area contributed by atoms with Gasteiger partial charge in [0.05, 0.1) is 6.54 Å². The van der Waals surface area contributed by atoms with Crippen molar-refractivity contribution >= 4 is 5.91 Å². The Hall–Kier alpha value is -2.41. The van der Waals surface area contributed by atoms with Crippen LogP contribution in [0.2, 0.25) is 0 Å². The van der Waals surface area contributed by atoms with Gasteiger partial charge in [0.2, 0.25) is 5.91 Å². The van der Waals surface area contributed by atoms with Crippen molar-refractivity contribution < 1.29 is 14.6 Å². The van der Waals surface area contributed by atoms with E-state index >= 15 is 0 Å². The van der Waals surface area contributed by atoms with Gasteiger partial charge in [-0.25, -0.2) is 0 Å². The van der Waals surface area contributed by atoms with E-state index < -0.39 is 6.10 Å². The molecule has 6 heteroatoms. The lowest BCUT2D eigenvalue weighted by molar-refractivity contribution is -0.122. The summed E-state index contributed by atoms with van der Waals surface area (Å²) in [4.78, 5) is 16.6. The Morgan fingerprint density at radius 1 is 1.03 bits per heavy atom. The molecular weight excluding hydrogens is 366 g/mol. The van der Waals surface area contributed by atoms with Gasteiger partial charge in [0.1, 0.15) is 18.5 Å². The summed E-state index contributed by atoms with van der Waals surface area (Å²) in [5, 5.41) is 13.2. The second-order valence-corrected chi connectivity index (χ2v) is 7.62. The molecule has 3 rings (SSSR count). The number of aryl methyl sites for hydroxylation is 1. The number of piperazine rings is 1. The van der Waals surface area contributed by atoms with E-state index in [0.29, 0.717) is 19.6 Å². The molecule has 1 amide bonds. The summed E-state index contributed by atoms with van der Waals surface area (Å²) >= 11 is 0. The molecule has 1 saturated heterocycles. The van der Waals surface area contributed by atoms with Gasteiger partial charge in [-0.2, -0.15) is 0 Å². The first-order valence-corrected chi connectivity index (χ1v) is 10.2. The summed E-state index contributed by atoms with van der Waals surface area (Å²) in [7, 11) is 0. The number of carbonyl (C=O) groups is 1. The van der Waals surface area contributed by atoms with E-state index in [2.05, 4.69) is 34.2 Å². The van der Waals surface area contributed by atoms with Crippen molar-refractivity contribution in [3.05, 3.63) is 65.7 Å². The van der Waals surface area contributed by atoms with Crippen LogP contribution >= 0.6 is 0 Å². The molecule has 2 aromatic carbocycles. The summed E-state index contributed by atoms with van der Waals surface area (Å²) in [5.74, 6) is 0.823. The molecule has 156 valence electrons. The molecule has 1 heterocycles. The van der Waals surface area contributed by atoms with E-state index in [4.69, 9.17) is 4.74 Å². The molecule has 0 saturated carbocycles. The molecule has 0 spiro atoms. The summed E-state index contributed by atoms with van der Waals surface area (Å²) in [6.45, 7) is 7.23. The van der Waals surface area contributed by atoms with Crippen LogP contribution < -0.4 is 10.1 Å². The number of rotatable bonds is 9. The predicted octanol–water partition coefficient (Wildman–Crippen LogP) is 1.67. The molecular formula is C23H31N3O3. The molecule has 0 unspecified atom stereocenters. The Bertz CT molecular complexity index is 744. The quantitative estimate of drug-likeness (QED) is 0.674. The maximum Gasteiger partial charge on any atom is 0.234 e. The Kier molecular flexibility index (Phi) is 8.04. The fourth-order valence-electron chi connectivity index (χ4n) is 3.36. The molecule has 1 aliphatic heterocycles. The first kappa shape index (κ1) is 21.3.